The summed E-state index contributed by atoms with van der Waals surface area (Å²) in [4.78, 5) is 23.7. The van der Waals surface area contributed by atoms with E-state index in [0.29, 0.717) is 10.8 Å². The summed E-state index contributed by atoms with van der Waals surface area (Å²) < 4.78 is 2.20. The number of carbonyl (C=O) groups excluding carboxylic acids is 2. The quantitative estimate of drug-likeness (QED) is 0.719. The van der Waals surface area contributed by atoms with Crippen molar-refractivity contribution in [3.63, 3.8) is 0 Å². The fraction of sp³-hybridized carbons (Fsp3) is 0.364. The Morgan fingerprint density at radius 2 is 1.78 bits per heavy atom. The van der Waals surface area contributed by atoms with E-state index in [9.17, 15) is 9.59 Å². The minimum absolute atomic E-state index is 0.307. The normalized spacial score (nSPS) is 19.7. The first kappa shape index (κ1) is 18.1. The summed E-state index contributed by atoms with van der Waals surface area (Å²) in [7, 11) is 0. The number of hydrogen-bond donors (Lipinski definition) is 1. The molecule has 27 heavy (non-hydrogen) atoms. The molecule has 1 saturated heterocycles. The van der Waals surface area contributed by atoms with Crippen LogP contribution in [0.25, 0.3) is 11.8 Å². The number of amides is 2. The van der Waals surface area contributed by atoms with Crippen molar-refractivity contribution >= 4 is 29.0 Å². The molecule has 0 radical (unpaired) electrons. The van der Waals surface area contributed by atoms with Crippen LogP contribution in [0, 0.1) is 13.8 Å². The molecule has 2 aromatic rings. The largest absolute Gasteiger partial charge is 0.318 e. The van der Waals surface area contributed by atoms with Crippen molar-refractivity contribution in [1.82, 2.24) is 9.88 Å². The predicted molar refractivity (Wildman–Crippen MR) is 110 cm³/mol. The van der Waals surface area contributed by atoms with Crippen LogP contribution in [0.4, 0.5) is 4.79 Å². The molecule has 5 heteroatoms. The van der Waals surface area contributed by atoms with Gasteiger partial charge in [0.1, 0.15) is 0 Å². The lowest BCUT2D eigenvalue weighted by molar-refractivity contribution is -0.115. The molecule has 1 N–H and O–H groups in total. The van der Waals surface area contributed by atoms with Crippen molar-refractivity contribution in [1.29, 1.82) is 0 Å². The van der Waals surface area contributed by atoms with Crippen LogP contribution in [0.1, 0.15) is 60.5 Å². The Hall–Kier alpha value is -2.27. The highest BCUT2D eigenvalue weighted by Gasteiger charge is 2.25. The number of rotatable bonds is 3. The number of aromatic nitrogens is 1. The molecule has 1 aliphatic heterocycles. The molecular weight excluding hydrogens is 356 g/mol. The van der Waals surface area contributed by atoms with Crippen LogP contribution in [-0.4, -0.2) is 15.7 Å². The van der Waals surface area contributed by atoms with E-state index >= 15 is 0 Å². The van der Waals surface area contributed by atoms with Gasteiger partial charge in [0.2, 0.25) is 0 Å². The van der Waals surface area contributed by atoms with Crippen LogP contribution in [-0.2, 0) is 4.79 Å². The highest BCUT2D eigenvalue weighted by Crippen LogP contribution is 2.34. The van der Waals surface area contributed by atoms with Gasteiger partial charge in [-0.15, -0.1) is 0 Å². The smallest absolute Gasteiger partial charge is 0.290 e. The zero-order valence-electron chi connectivity index (χ0n) is 15.7. The zero-order chi connectivity index (χ0) is 19.0. The second kappa shape index (κ2) is 7.39. The van der Waals surface area contributed by atoms with Gasteiger partial charge in [0, 0.05) is 17.1 Å². The summed E-state index contributed by atoms with van der Waals surface area (Å²) in [5, 5.41) is 2.00. The van der Waals surface area contributed by atoms with Crippen LogP contribution in [0.2, 0.25) is 0 Å². The second-order valence-electron chi connectivity index (χ2n) is 7.44. The fourth-order valence-electron chi connectivity index (χ4n) is 4.22. The van der Waals surface area contributed by atoms with Crippen molar-refractivity contribution in [2.24, 2.45) is 0 Å². The van der Waals surface area contributed by atoms with E-state index in [1.807, 2.05) is 6.92 Å². The maximum Gasteiger partial charge on any atom is 0.290 e. The summed E-state index contributed by atoms with van der Waals surface area (Å²) in [6.07, 6.45) is 8.47. The minimum Gasteiger partial charge on any atom is -0.318 e. The summed E-state index contributed by atoms with van der Waals surface area (Å²) in [5.41, 5.74) is 5.73. The number of aryl methyl sites for hydroxylation is 1. The Morgan fingerprint density at radius 1 is 1.07 bits per heavy atom. The molecule has 2 amide bonds. The number of benzene rings is 1. The molecule has 0 atom stereocenters. The van der Waals surface area contributed by atoms with Crippen molar-refractivity contribution in [3.05, 3.63) is 57.8 Å². The van der Waals surface area contributed by atoms with Crippen molar-refractivity contribution in [2.75, 3.05) is 0 Å². The lowest BCUT2D eigenvalue weighted by Crippen LogP contribution is -2.17. The molecular formula is C22H24N2O2S. The first-order valence-corrected chi connectivity index (χ1v) is 10.4. The van der Waals surface area contributed by atoms with Gasteiger partial charge in [0.15, 0.2) is 0 Å². The minimum atomic E-state index is -0.313. The molecule has 2 fully saturated rings. The molecule has 1 saturated carbocycles. The maximum absolute atomic E-state index is 11.8. The van der Waals surface area contributed by atoms with Gasteiger partial charge in [0.25, 0.3) is 11.1 Å². The molecule has 2 heterocycles. The molecule has 140 valence electrons. The van der Waals surface area contributed by atoms with E-state index in [0.717, 1.165) is 34.4 Å². The van der Waals surface area contributed by atoms with Crippen LogP contribution >= 0.6 is 11.8 Å². The van der Waals surface area contributed by atoms with Gasteiger partial charge in [0.05, 0.1) is 4.91 Å². The Bertz CT molecular complexity index is 919. The van der Waals surface area contributed by atoms with Crippen LogP contribution in [0.15, 0.2) is 35.2 Å². The Morgan fingerprint density at radius 3 is 2.41 bits per heavy atom. The lowest BCUT2D eigenvalue weighted by Gasteiger charge is -2.22. The second-order valence-corrected chi connectivity index (χ2v) is 8.46. The summed E-state index contributed by atoms with van der Waals surface area (Å²) >= 11 is 0.958. The fourth-order valence-corrected chi connectivity index (χ4v) is 4.90. The van der Waals surface area contributed by atoms with Gasteiger partial charge >= 0.3 is 0 Å². The highest BCUT2D eigenvalue weighted by atomic mass is 32.2. The maximum atomic E-state index is 11.8. The van der Waals surface area contributed by atoms with E-state index < -0.39 is 0 Å². The number of hydrogen-bond acceptors (Lipinski definition) is 3. The van der Waals surface area contributed by atoms with Crippen LogP contribution < -0.4 is 5.32 Å². The van der Waals surface area contributed by atoms with E-state index in [4.69, 9.17) is 0 Å². The SMILES string of the molecule is Cc1cc(/C=C2\SC(=O)NC2=O)c(C)n1-c1ccc(C2CCCCC2)cc1. The molecule has 0 bridgehead atoms. The third-order valence-electron chi connectivity index (χ3n) is 5.63. The molecule has 2 aliphatic rings. The number of carbonyl (C=O) groups is 2. The van der Waals surface area contributed by atoms with Gasteiger partial charge in [-0.3, -0.25) is 14.9 Å². The number of nitrogens with zero attached hydrogens (tertiary/aromatic N) is 1. The van der Waals surface area contributed by atoms with Gasteiger partial charge in [-0.25, -0.2) is 0 Å². The average molecular weight is 381 g/mol. The van der Waals surface area contributed by atoms with Gasteiger partial charge in [-0.05, 0) is 79.8 Å². The van der Waals surface area contributed by atoms with Crippen molar-refractivity contribution in [2.45, 2.75) is 51.9 Å². The summed E-state index contributed by atoms with van der Waals surface area (Å²) in [6, 6.07) is 11.0. The van der Waals surface area contributed by atoms with Crippen LogP contribution in [0.5, 0.6) is 0 Å². The number of nitrogens with one attached hydrogen (secondary N) is 1. The lowest BCUT2D eigenvalue weighted by atomic mass is 9.84. The van der Waals surface area contributed by atoms with E-state index in [2.05, 4.69) is 47.1 Å². The molecule has 0 unspecified atom stereocenters. The molecule has 4 rings (SSSR count). The van der Waals surface area contributed by atoms with Gasteiger partial charge < -0.3 is 4.57 Å². The Kier molecular flexibility index (Phi) is 4.96. The molecule has 1 aliphatic carbocycles. The monoisotopic (exact) mass is 380 g/mol. The third kappa shape index (κ3) is 3.61. The highest BCUT2D eigenvalue weighted by molar-refractivity contribution is 8.18. The van der Waals surface area contributed by atoms with Crippen molar-refractivity contribution < 1.29 is 9.59 Å². The first-order valence-electron chi connectivity index (χ1n) is 9.57. The van der Waals surface area contributed by atoms with E-state index in [-0.39, 0.29) is 11.1 Å². The first-order chi connectivity index (χ1) is 13.0. The Balaban J connectivity index is 1.62. The number of thioether (sulfide) groups is 1. The van der Waals surface area contributed by atoms with Gasteiger partial charge in [-0.2, -0.15) is 0 Å². The van der Waals surface area contributed by atoms with Crippen LogP contribution in [0.3, 0.4) is 0 Å². The summed E-state index contributed by atoms with van der Waals surface area (Å²) in [6.45, 7) is 4.12. The van der Waals surface area contributed by atoms with Crippen molar-refractivity contribution in [3.8, 4) is 5.69 Å². The van der Waals surface area contributed by atoms with E-state index in [1.165, 1.54) is 37.7 Å². The molecule has 1 aromatic heterocycles. The third-order valence-corrected chi connectivity index (χ3v) is 6.44. The zero-order valence-corrected chi connectivity index (χ0v) is 16.6. The number of imide groups is 1. The molecule has 4 nitrogen and oxygen atoms in total. The Labute approximate surface area is 164 Å². The standard InChI is InChI=1S/C22H24N2O2S/c1-14-12-18(13-20-21(25)23-22(26)27-20)15(2)24(14)19-10-8-17(9-11-19)16-6-4-3-5-7-16/h8-13,16H,3-7H2,1-2H3,(H,23,25,26)/b20-13-. The van der Waals surface area contributed by atoms with Gasteiger partial charge in [-0.1, -0.05) is 31.4 Å². The summed E-state index contributed by atoms with van der Waals surface area (Å²) in [5.74, 6) is 0.391. The van der Waals surface area contributed by atoms with E-state index in [1.54, 1.807) is 6.08 Å². The molecule has 1 aromatic carbocycles. The predicted octanol–water partition coefficient (Wildman–Crippen LogP) is 5.47. The topological polar surface area (TPSA) is 51.1 Å². The average Bonchev–Trinajstić information content (AvgIpc) is 3.13. The molecule has 0 spiro atoms.